The Hall–Kier alpha value is -2.37. The van der Waals surface area contributed by atoms with Crippen LogP contribution in [0.15, 0.2) is 29.4 Å². The highest BCUT2D eigenvalue weighted by atomic mass is 16.4. The van der Waals surface area contributed by atoms with Gasteiger partial charge >= 0.3 is 5.97 Å². The summed E-state index contributed by atoms with van der Waals surface area (Å²) in [7, 11) is 0. The molecule has 1 aliphatic heterocycles. The molecule has 0 spiro atoms. The highest BCUT2D eigenvalue weighted by molar-refractivity contribution is 5.89. The molecule has 0 atom stereocenters. The summed E-state index contributed by atoms with van der Waals surface area (Å²) in [6.07, 6.45) is 2.08. The summed E-state index contributed by atoms with van der Waals surface area (Å²) in [5, 5.41) is 13.1. The van der Waals surface area contributed by atoms with Crippen LogP contribution in [0.5, 0.6) is 0 Å². The molecule has 2 rings (SSSR count). The minimum absolute atomic E-state index is 0.186. The van der Waals surface area contributed by atoms with Gasteiger partial charge in [-0.15, -0.1) is 0 Å². The zero-order chi connectivity index (χ0) is 15.2. The van der Waals surface area contributed by atoms with Gasteiger partial charge in [-0.3, -0.25) is 10.2 Å². The number of amides is 1. The second kappa shape index (κ2) is 6.88. The largest absolute Gasteiger partial charge is 0.478 e. The first-order valence-corrected chi connectivity index (χ1v) is 7.02. The van der Waals surface area contributed by atoms with Crippen LogP contribution in [0.4, 0.5) is 5.69 Å². The van der Waals surface area contributed by atoms with E-state index < -0.39 is 5.97 Å². The number of benzene rings is 1. The van der Waals surface area contributed by atoms with E-state index in [2.05, 4.69) is 10.5 Å². The monoisotopic (exact) mass is 289 g/mol. The zero-order valence-corrected chi connectivity index (χ0v) is 12.0. The third-order valence-corrected chi connectivity index (χ3v) is 3.47. The molecule has 1 aliphatic rings. The molecule has 0 radical (unpaired) electrons. The lowest BCUT2D eigenvalue weighted by atomic mass is 10.1. The minimum atomic E-state index is -0.944. The Morgan fingerprint density at radius 2 is 1.86 bits per heavy atom. The van der Waals surface area contributed by atoms with Crippen LogP contribution in [-0.2, 0) is 4.79 Å². The maximum Gasteiger partial charge on any atom is 0.335 e. The van der Waals surface area contributed by atoms with Gasteiger partial charge in [0.2, 0.25) is 5.91 Å². The van der Waals surface area contributed by atoms with Gasteiger partial charge in [-0.1, -0.05) is 6.92 Å². The number of aromatic carboxylic acids is 1. The summed E-state index contributed by atoms with van der Waals surface area (Å²) in [5.41, 5.74) is 4.95. The number of hydrogen-bond donors (Lipinski definition) is 2. The molecule has 1 heterocycles. The Morgan fingerprint density at radius 3 is 2.38 bits per heavy atom. The molecule has 0 unspecified atom stereocenters. The summed E-state index contributed by atoms with van der Waals surface area (Å²) in [4.78, 5) is 24.2. The fourth-order valence-corrected chi connectivity index (χ4v) is 2.18. The molecule has 0 saturated carbocycles. The minimum Gasteiger partial charge on any atom is -0.478 e. The number of carbonyl (C=O) groups is 2. The van der Waals surface area contributed by atoms with E-state index in [0.717, 1.165) is 24.2 Å². The van der Waals surface area contributed by atoms with Crippen LogP contribution in [0, 0.1) is 0 Å². The smallest absolute Gasteiger partial charge is 0.335 e. The lowest BCUT2D eigenvalue weighted by Crippen LogP contribution is -2.38. The number of hydrogen-bond acceptors (Lipinski definition) is 4. The SMILES string of the molecule is CCC(=O)N1CCC(=NNc2ccc(C(=O)O)cc2)CC1. The van der Waals surface area contributed by atoms with Crippen molar-refractivity contribution in [3.63, 3.8) is 0 Å². The molecule has 1 aromatic carbocycles. The van der Waals surface area contributed by atoms with E-state index in [0.29, 0.717) is 19.5 Å². The van der Waals surface area contributed by atoms with Crippen molar-refractivity contribution in [2.45, 2.75) is 26.2 Å². The van der Waals surface area contributed by atoms with Crippen LogP contribution in [0.1, 0.15) is 36.5 Å². The number of carboxylic acids is 1. The summed E-state index contributed by atoms with van der Waals surface area (Å²) in [6.45, 7) is 3.30. The first kappa shape index (κ1) is 15.0. The molecule has 1 aromatic rings. The zero-order valence-electron chi connectivity index (χ0n) is 12.0. The van der Waals surface area contributed by atoms with Gasteiger partial charge < -0.3 is 10.0 Å². The molecule has 0 aliphatic carbocycles. The number of hydrazone groups is 1. The summed E-state index contributed by atoms with van der Waals surface area (Å²) in [6, 6.07) is 6.44. The first-order chi connectivity index (χ1) is 10.1. The number of anilines is 1. The average Bonchev–Trinajstić information content (AvgIpc) is 2.53. The number of nitrogens with one attached hydrogen (secondary N) is 1. The Labute approximate surface area is 123 Å². The fourth-order valence-electron chi connectivity index (χ4n) is 2.18. The van der Waals surface area contributed by atoms with Crippen molar-refractivity contribution in [1.29, 1.82) is 0 Å². The third-order valence-electron chi connectivity index (χ3n) is 3.47. The Bertz CT molecular complexity index is 542. The molecule has 6 nitrogen and oxygen atoms in total. The van der Waals surface area contributed by atoms with E-state index in [1.807, 2.05) is 11.8 Å². The van der Waals surface area contributed by atoms with Crippen LogP contribution < -0.4 is 5.43 Å². The Kier molecular flexibility index (Phi) is 4.92. The van der Waals surface area contributed by atoms with E-state index in [4.69, 9.17) is 5.11 Å². The number of rotatable bonds is 4. The summed E-state index contributed by atoms with van der Waals surface area (Å²) in [5.74, 6) is -0.757. The van der Waals surface area contributed by atoms with Crippen LogP contribution in [0.25, 0.3) is 0 Å². The van der Waals surface area contributed by atoms with Gasteiger partial charge in [0.05, 0.1) is 11.3 Å². The van der Waals surface area contributed by atoms with Gasteiger partial charge in [-0.05, 0) is 24.3 Å². The van der Waals surface area contributed by atoms with Gasteiger partial charge in [-0.25, -0.2) is 4.79 Å². The highest BCUT2D eigenvalue weighted by Crippen LogP contribution is 2.12. The molecule has 21 heavy (non-hydrogen) atoms. The van der Waals surface area contributed by atoms with E-state index >= 15 is 0 Å². The molecule has 112 valence electrons. The Balaban J connectivity index is 1.88. The number of carbonyl (C=O) groups excluding carboxylic acids is 1. The molecule has 0 aromatic heterocycles. The first-order valence-electron chi connectivity index (χ1n) is 7.02. The molecule has 1 fully saturated rings. The quantitative estimate of drug-likeness (QED) is 0.832. The lowest BCUT2D eigenvalue weighted by molar-refractivity contribution is -0.130. The predicted octanol–water partition coefficient (Wildman–Crippen LogP) is 2.19. The van der Waals surface area contributed by atoms with Crippen LogP contribution in [-0.4, -0.2) is 40.7 Å². The van der Waals surface area contributed by atoms with Gasteiger partial charge in [0.25, 0.3) is 0 Å². The highest BCUT2D eigenvalue weighted by Gasteiger charge is 2.18. The molecule has 1 saturated heterocycles. The van der Waals surface area contributed by atoms with Gasteiger partial charge in [-0.2, -0.15) is 5.10 Å². The standard InChI is InChI=1S/C15H19N3O3/c1-2-14(19)18-9-7-13(8-10-18)17-16-12-5-3-11(4-6-12)15(20)21/h3-6,16H,2,7-10H2,1H3,(H,20,21). The second-order valence-corrected chi connectivity index (χ2v) is 4.91. The topological polar surface area (TPSA) is 82.0 Å². The van der Waals surface area contributed by atoms with Crippen LogP contribution in [0.2, 0.25) is 0 Å². The van der Waals surface area contributed by atoms with E-state index in [9.17, 15) is 9.59 Å². The van der Waals surface area contributed by atoms with E-state index in [1.54, 1.807) is 12.1 Å². The maximum absolute atomic E-state index is 11.6. The number of likely N-dealkylation sites (tertiary alicyclic amines) is 1. The Morgan fingerprint density at radius 1 is 1.24 bits per heavy atom. The van der Waals surface area contributed by atoms with Crippen molar-refractivity contribution < 1.29 is 14.7 Å². The lowest BCUT2D eigenvalue weighted by Gasteiger charge is -2.27. The number of carboxylic acid groups (broad SMARTS) is 1. The summed E-state index contributed by atoms with van der Waals surface area (Å²) < 4.78 is 0. The summed E-state index contributed by atoms with van der Waals surface area (Å²) >= 11 is 0. The molecule has 0 bridgehead atoms. The number of nitrogens with zero attached hydrogens (tertiary/aromatic N) is 2. The van der Waals surface area contributed by atoms with Crippen molar-refractivity contribution in [3.8, 4) is 0 Å². The molecular weight excluding hydrogens is 270 g/mol. The molecular formula is C15H19N3O3. The third kappa shape index (κ3) is 4.05. The van der Waals surface area contributed by atoms with Crippen LogP contribution in [0.3, 0.4) is 0 Å². The second-order valence-electron chi connectivity index (χ2n) is 4.91. The number of piperidine rings is 1. The molecule has 6 heteroatoms. The average molecular weight is 289 g/mol. The van der Waals surface area contributed by atoms with E-state index in [-0.39, 0.29) is 11.5 Å². The fraction of sp³-hybridized carbons (Fsp3) is 0.400. The van der Waals surface area contributed by atoms with E-state index in [1.165, 1.54) is 12.1 Å². The normalized spacial score (nSPS) is 14.7. The van der Waals surface area contributed by atoms with Crippen molar-refractivity contribution in [1.82, 2.24) is 4.90 Å². The van der Waals surface area contributed by atoms with Crippen molar-refractivity contribution in [2.24, 2.45) is 5.10 Å². The van der Waals surface area contributed by atoms with Crippen LogP contribution >= 0.6 is 0 Å². The van der Waals surface area contributed by atoms with Gasteiger partial charge in [0.15, 0.2) is 0 Å². The molecule has 2 N–H and O–H groups in total. The van der Waals surface area contributed by atoms with Crippen molar-refractivity contribution in [2.75, 3.05) is 18.5 Å². The predicted molar refractivity (Wildman–Crippen MR) is 80.6 cm³/mol. The molecule has 1 amide bonds. The van der Waals surface area contributed by atoms with Crippen molar-refractivity contribution >= 4 is 23.3 Å². The van der Waals surface area contributed by atoms with Crippen molar-refractivity contribution in [3.05, 3.63) is 29.8 Å². The van der Waals surface area contributed by atoms with Gasteiger partial charge in [0.1, 0.15) is 0 Å². The maximum atomic E-state index is 11.6. The van der Waals surface area contributed by atoms with Gasteiger partial charge in [0, 0.05) is 38.1 Å².